The van der Waals surface area contributed by atoms with Gasteiger partial charge in [0.05, 0.1) is 6.61 Å². The number of hydrogen-bond donors (Lipinski definition) is 1. The molecule has 3 nitrogen and oxygen atoms in total. The molecule has 0 heterocycles. The van der Waals surface area contributed by atoms with Gasteiger partial charge < -0.3 is 15.0 Å². The number of likely N-dealkylation sites (N-methyl/N-ethyl adjacent to an activating group) is 2. The van der Waals surface area contributed by atoms with Crippen molar-refractivity contribution in [3.05, 3.63) is 29.8 Å². The van der Waals surface area contributed by atoms with E-state index >= 15 is 0 Å². The Labute approximate surface area is 105 Å². The average Bonchev–Trinajstić information content (AvgIpc) is 2.30. The van der Waals surface area contributed by atoms with E-state index in [9.17, 15) is 0 Å². The summed E-state index contributed by atoms with van der Waals surface area (Å²) in [6.45, 7) is 6.88. The Morgan fingerprint density at radius 3 is 2.47 bits per heavy atom. The van der Waals surface area contributed by atoms with Gasteiger partial charge in [-0.3, -0.25) is 0 Å². The first-order valence-corrected chi connectivity index (χ1v) is 6.17. The maximum atomic E-state index is 5.22. The van der Waals surface area contributed by atoms with Crippen molar-refractivity contribution in [2.24, 2.45) is 0 Å². The minimum Gasteiger partial charge on any atom is -0.383 e. The molecule has 0 aliphatic rings. The number of aryl methyl sites for hydroxylation is 1. The summed E-state index contributed by atoms with van der Waals surface area (Å²) in [5.74, 6) is 0. The fourth-order valence-electron chi connectivity index (χ4n) is 1.90. The number of rotatable bonds is 7. The summed E-state index contributed by atoms with van der Waals surface area (Å²) >= 11 is 0. The SMILES string of the molecule is CCNC(COC)CN(C)c1ccc(C)cc1. The molecule has 96 valence electrons. The molecule has 0 aromatic heterocycles. The van der Waals surface area contributed by atoms with Crippen molar-refractivity contribution in [1.82, 2.24) is 5.32 Å². The van der Waals surface area contributed by atoms with Gasteiger partial charge in [0, 0.05) is 32.4 Å². The molecule has 17 heavy (non-hydrogen) atoms. The quantitative estimate of drug-likeness (QED) is 0.784. The minimum absolute atomic E-state index is 0.372. The van der Waals surface area contributed by atoms with Crippen LogP contribution in [0, 0.1) is 6.92 Å². The van der Waals surface area contributed by atoms with E-state index in [2.05, 4.69) is 55.4 Å². The van der Waals surface area contributed by atoms with E-state index in [1.165, 1.54) is 11.3 Å². The normalized spacial score (nSPS) is 12.5. The van der Waals surface area contributed by atoms with Crippen molar-refractivity contribution in [2.45, 2.75) is 19.9 Å². The van der Waals surface area contributed by atoms with Gasteiger partial charge in [-0.15, -0.1) is 0 Å². The maximum absolute atomic E-state index is 5.22. The van der Waals surface area contributed by atoms with Crippen LogP contribution >= 0.6 is 0 Å². The number of anilines is 1. The smallest absolute Gasteiger partial charge is 0.0633 e. The Balaban J connectivity index is 2.56. The van der Waals surface area contributed by atoms with Crippen LogP contribution in [0.4, 0.5) is 5.69 Å². The van der Waals surface area contributed by atoms with Crippen LogP contribution in [0.5, 0.6) is 0 Å². The summed E-state index contributed by atoms with van der Waals surface area (Å²) in [6, 6.07) is 8.97. The van der Waals surface area contributed by atoms with E-state index in [1.54, 1.807) is 7.11 Å². The van der Waals surface area contributed by atoms with Gasteiger partial charge in [-0.25, -0.2) is 0 Å². The lowest BCUT2D eigenvalue weighted by atomic mass is 10.2. The number of hydrogen-bond acceptors (Lipinski definition) is 3. The van der Waals surface area contributed by atoms with Crippen molar-refractivity contribution in [3.63, 3.8) is 0 Å². The highest BCUT2D eigenvalue weighted by molar-refractivity contribution is 5.46. The predicted octanol–water partition coefficient (Wildman–Crippen LogP) is 2.06. The third kappa shape index (κ3) is 4.75. The molecule has 1 aromatic carbocycles. The van der Waals surface area contributed by atoms with E-state index in [0.717, 1.165) is 19.7 Å². The molecule has 1 rings (SSSR count). The molecule has 0 fully saturated rings. The first-order chi connectivity index (χ1) is 8.17. The topological polar surface area (TPSA) is 24.5 Å². The monoisotopic (exact) mass is 236 g/mol. The standard InChI is InChI=1S/C14H24N2O/c1-5-15-13(11-17-4)10-16(3)14-8-6-12(2)7-9-14/h6-9,13,15H,5,10-11H2,1-4H3. The van der Waals surface area contributed by atoms with Crippen LogP contribution in [0.1, 0.15) is 12.5 Å². The summed E-state index contributed by atoms with van der Waals surface area (Å²) in [5.41, 5.74) is 2.54. The first-order valence-electron chi connectivity index (χ1n) is 6.17. The molecule has 1 aromatic rings. The van der Waals surface area contributed by atoms with Crippen LogP contribution in [-0.2, 0) is 4.74 Å². The molecule has 0 radical (unpaired) electrons. The molecule has 1 unspecified atom stereocenters. The summed E-state index contributed by atoms with van der Waals surface area (Å²) in [4.78, 5) is 2.26. The average molecular weight is 236 g/mol. The molecule has 1 N–H and O–H groups in total. The zero-order valence-electron chi connectivity index (χ0n) is 11.4. The predicted molar refractivity (Wildman–Crippen MR) is 73.8 cm³/mol. The Bertz CT molecular complexity index is 305. The van der Waals surface area contributed by atoms with Crippen molar-refractivity contribution in [1.29, 1.82) is 0 Å². The summed E-state index contributed by atoms with van der Waals surface area (Å²) in [6.07, 6.45) is 0. The number of ether oxygens (including phenoxy) is 1. The molecular weight excluding hydrogens is 212 g/mol. The van der Waals surface area contributed by atoms with Gasteiger partial charge in [-0.2, -0.15) is 0 Å². The summed E-state index contributed by atoms with van der Waals surface area (Å²) in [5, 5.41) is 3.43. The zero-order chi connectivity index (χ0) is 12.7. The van der Waals surface area contributed by atoms with Crippen LogP contribution in [0.15, 0.2) is 24.3 Å². The lowest BCUT2D eigenvalue weighted by Gasteiger charge is -2.26. The second kappa shape index (κ2) is 7.30. The second-order valence-electron chi connectivity index (χ2n) is 4.43. The third-order valence-electron chi connectivity index (χ3n) is 2.83. The molecule has 0 amide bonds. The van der Waals surface area contributed by atoms with E-state index in [0.29, 0.717) is 6.04 Å². The van der Waals surface area contributed by atoms with Gasteiger partial charge in [0.2, 0.25) is 0 Å². The van der Waals surface area contributed by atoms with E-state index < -0.39 is 0 Å². The first kappa shape index (κ1) is 14.0. The van der Waals surface area contributed by atoms with Crippen molar-refractivity contribution < 1.29 is 4.74 Å². The molecule has 0 aliphatic carbocycles. The molecule has 1 atom stereocenters. The van der Waals surface area contributed by atoms with Crippen molar-refractivity contribution in [3.8, 4) is 0 Å². The molecule has 0 saturated heterocycles. The molecule has 0 saturated carbocycles. The van der Waals surface area contributed by atoms with Crippen molar-refractivity contribution >= 4 is 5.69 Å². The van der Waals surface area contributed by atoms with Crippen LogP contribution in [0.2, 0.25) is 0 Å². The van der Waals surface area contributed by atoms with E-state index in [-0.39, 0.29) is 0 Å². The minimum atomic E-state index is 0.372. The summed E-state index contributed by atoms with van der Waals surface area (Å²) in [7, 11) is 3.86. The molecule has 0 aliphatic heterocycles. The summed E-state index contributed by atoms with van der Waals surface area (Å²) < 4.78 is 5.22. The largest absolute Gasteiger partial charge is 0.383 e. The number of benzene rings is 1. The van der Waals surface area contributed by atoms with Crippen LogP contribution in [-0.4, -0.2) is 39.9 Å². The third-order valence-corrected chi connectivity index (χ3v) is 2.83. The Morgan fingerprint density at radius 2 is 1.94 bits per heavy atom. The van der Waals surface area contributed by atoms with E-state index in [4.69, 9.17) is 4.74 Å². The fraction of sp³-hybridized carbons (Fsp3) is 0.571. The zero-order valence-corrected chi connectivity index (χ0v) is 11.4. The fourth-order valence-corrected chi connectivity index (χ4v) is 1.90. The van der Waals surface area contributed by atoms with Gasteiger partial charge in [0.1, 0.15) is 0 Å². The van der Waals surface area contributed by atoms with Gasteiger partial charge in [-0.1, -0.05) is 24.6 Å². The van der Waals surface area contributed by atoms with Crippen LogP contribution < -0.4 is 10.2 Å². The van der Waals surface area contributed by atoms with Gasteiger partial charge in [-0.05, 0) is 25.6 Å². The van der Waals surface area contributed by atoms with Gasteiger partial charge in [0.15, 0.2) is 0 Å². The Morgan fingerprint density at radius 1 is 1.29 bits per heavy atom. The maximum Gasteiger partial charge on any atom is 0.0633 e. The Hall–Kier alpha value is -1.06. The molecule has 0 spiro atoms. The van der Waals surface area contributed by atoms with Gasteiger partial charge >= 0.3 is 0 Å². The number of nitrogens with one attached hydrogen (secondary N) is 1. The Kier molecular flexibility index (Phi) is 6.01. The second-order valence-corrected chi connectivity index (χ2v) is 4.43. The molecule has 0 bridgehead atoms. The molecular formula is C14H24N2O. The highest BCUT2D eigenvalue weighted by Crippen LogP contribution is 2.13. The van der Waals surface area contributed by atoms with Crippen LogP contribution in [0.25, 0.3) is 0 Å². The van der Waals surface area contributed by atoms with E-state index in [1.807, 2.05) is 0 Å². The van der Waals surface area contributed by atoms with Gasteiger partial charge in [0.25, 0.3) is 0 Å². The number of methoxy groups -OCH3 is 1. The molecule has 3 heteroatoms. The lowest BCUT2D eigenvalue weighted by molar-refractivity contribution is 0.169. The van der Waals surface area contributed by atoms with Crippen molar-refractivity contribution in [2.75, 3.05) is 38.8 Å². The highest BCUT2D eigenvalue weighted by Gasteiger charge is 2.10. The number of nitrogens with zero attached hydrogens (tertiary/aromatic N) is 1. The highest BCUT2D eigenvalue weighted by atomic mass is 16.5. The van der Waals surface area contributed by atoms with Crippen LogP contribution in [0.3, 0.4) is 0 Å². The lowest BCUT2D eigenvalue weighted by Crippen LogP contribution is -2.42.